The number of fused-ring (bicyclic) bond motifs is 1. The Hall–Kier alpha value is -4.12. The largest absolute Gasteiger partial charge is 0.472 e. The number of anilines is 1. The van der Waals surface area contributed by atoms with E-state index in [4.69, 9.17) is 14.2 Å². The van der Waals surface area contributed by atoms with Crippen molar-refractivity contribution < 1.29 is 27.8 Å². The van der Waals surface area contributed by atoms with Gasteiger partial charge < -0.3 is 19.1 Å². The van der Waals surface area contributed by atoms with Gasteiger partial charge in [-0.3, -0.25) is 4.79 Å². The van der Waals surface area contributed by atoms with E-state index in [2.05, 4.69) is 15.1 Å². The van der Waals surface area contributed by atoms with E-state index in [0.717, 1.165) is 17.7 Å². The molecule has 0 spiro atoms. The number of carbonyl (C=O) groups is 1. The molecule has 36 heavy (non-hydrogen) atoms. The number of nitrogens with zero attached hydrogens (tertiary/aromatic N) is 5. The van der Waals surface area contributed by atoms with Crippen molar-refractivity contribution in [2.75, 3.05) is 31.8 Å². The van der Waals surface area contributed by atoms with Crippen molar-refractivity contribution in [2.24, 2.45) is 0 Å². The molecule has 1 aliphatic rings. The molecule has 5 rings (SSSR count). The summed E-state index contributed by atoms with van der Waals surface area (Å²) in [5.41, 5.74) is 1.23. The van der Waals surface area contributed by atoms with Gasteiger partial charge in [-0.15, -0.1) is 0 Å². The highest BCUT2D eigenvalue weighted by Gasteiger charge is 2.29. The van der Waals surface area contributed by atoms with Crippen LogP contribution in [-0.4, -0.2) is 58.6 Å². The first kappa shape index (κ1) is 23.6. The van der Waals surface area contributed by atoms with E-state index < -0.39 is 17.6 Å². The van der Waals surface area contributed by atoms with Crippen LogP contribution in [0.15, 0.2) is 54.7 Å². The first-order valence-corrected chi connectivity index (χ1v) is 11.3. The fraction of sp³-hybridized carbons (Fsp3) is 0.280. The van der Waals surface area contributed by atoms with Gasteiger partial charge in [0.25, 0.3) is 0 Å². The van der Waals surface area contributed by atoms with Crippen molar-refractivity contribution in [1.82, 2.24) is 19.7 Å². The summed E-state index contributed by atoms with van der Waals surface area (Å²) >= 11 is 0. The maximum atomic E-state index is 14.7. The molecule has 0 unspecified atom stereocenters. The highest BCUT2D eigenvalue weighted by molar-refractivity contribution is 5.83. The molecule has 1 aliphatic heterocycles. The van der Waals surface area contributed by atoms with Crippen molar-refractivity contribution in [3.63, 3.8) is 0 Å². The molecule has 9 nitrogen and oxygen atoms in total. The van der Waals surface area contributed by atoms with Crippen LogP contribution in [0.5, 0.6) is 5.88 Å². The monoisotopic (exact) mass is 495 g/mol. The minimum atomic E-state index is -0.790. The minimum Gasteiger partial charge on any atom is -0.472 e. The topological polar surface area (TPSA) is 91.6 Å². The van der Waals surface area contributed by atoms with Crippen molar-refractivity contribution in [3.05, 3.63) is 71.9 Å². The Bertz CT molecular complexity index is 1380. The van der Waals surface area contributed by atoms with E-state index in [1.165, 1.54) is 24.1 Å². The molecule has 1 fully saturated rings. The van der Waals surface area contributed by atoms with E-state index in [9.17, 15) is 13.6 Å². The molecule has 3 heterocycles. The van der Waals surface area contributed by atoms with Gasteiger partial charge in [-0.1, -0.05) is 30.3 Å². The standard InChI is InChI=1S/C25H23F2N5O4/c1-34-22(33)12-18-15-35-10-9-31(18)25-29-23-19(24(30-25)36-14-16-5-3-2-4-6-16)13-28-32(23)21-8-7-17(26)11-20(21)27/h2-8,11,13,18H,9-10,12,14-15H2,1H3/t18-/m1/s1. The van der Waals surface area contributed by atoms with Crippen LogP contribution < -0.4 is 9.64 Å². The van der Waals surface area contributed by atoms with Crippen LogP contribution in [0, 0.1) is 11.6 Å². The fourth-order valence-corrected chi connectivity index (χ4v) is 4.03. The lowest BCUT2D eigenvalue weighted by Crippen LogP contribution is -2.47. The van der Waals surface area contributed by atoms with Crippen LogP contribution in [0.3, 0.4) is 0 Å². The smallest absolute Gasteiger partial charge is 0.307 e. The highest BCUT2D eigenvalue weighted by atomic mass is 19.1. The zero-order valence-corrected chi connectivity index (χ0v) is 19.4. The highest BCUT2D eigenvalue weighted by Crippen LogP contribution is 2.30. The van der Waals surface area contributed by atoms with Gasteiger partial charge in [-0.25, -0.2) is 13.5 Å². The van der Waals surface area contributed by atoms with Crippen molar-refractivity contribution in [3.8, 4) is 11.6 Å². The summed E-state index contributed by atoms with van der Waals surface area (Å²) in [5.74, 6) is -1.37. The molecule has 0 saturated carbocycles. The number of morpholine rings is 1. The number of hydrogen-bond donors (Lipinski definition) is 0. The SMILES string of the molecule is COC(=O)C[C@@H]1COCCN1c1nc(OCc2ccccc2)c2cnn(-c3ccc(F)cc3F)c2n1. The Labute approximate surface area is 205 Å². The molecule has 1 atom stereocenters. The number of rotatable bonds is 7. The van der Waals surface area contributed by atoms with Crippen LogP contribution in [0.2, 0.25) is 0 Å². The summed E-state index contributed by atoms with van der Waals surface area (Å²) in [6, 6.07) is 12.4. The van der Waals surface area contributed by atoms with E-state index in [1.54, 1.807) is 0 Å². The molecule has 2 aromatic heterocycles. The zero-order valence-electron chi connectivity index (χ0n) is 19.4. The average molecular weight is 495 g/mol. The van der Waals surface area contributed by atoms with E-state index >= 15 is 0 Å². The summed E-state index contributed by atoms with van der Waals surface area (Å²) < 4.78 is 45.9. The van der Waals surface area contributed by atoms with Gasteiger partial charge in [0, 0.05) is 12.6 Å². The third-order valence-corrected chi connectivity index (χ3v) is 5.85. The Kier molecular flexibility index (Phi) is 6.72. The van der Waals surface area contributed by atoms with Gasteiger partial charge in [-0.05, 0) is 17.7 Å². The Morgan fingerprint density at radius 1 is 1.17 bits per heavy atom. The van der Waals surface area contributed by atoms with Gasteiger partial charge in [-0.2, -0.15) is 15.1 Å². The summed E-state index contributed by atoms with van der Waals surface area (Å²) in [6.07, 6.45) is 1.55. The van der Waals surface area contributed by atoms with Gasteiger partial charge >= 0.3 is 5.97 Å². The number of esters is 1. The molecule has 4 aromatic rings. The summed E-state index contributed by atoms with van der Waals surface area (Å²) in [5, 5.41) is 4.75. The number of methoxy groups -OCH3 is 1. The summed E-state index contributed by atoms with van der Waals surface area (Å²) in [6.45, 7) is 1.34. The van der Waals surface area contributed by atoms with E-state index in [0.29, 0.717) is 18.5 Å². The molecular weight excluding hydrogens is 472 g/mol. The lowest BCUT2D eigenvalue weighted by molar-refractivity contribution is -0.141. The lowest BCUT2D eigenvalue weighted by atomic mass is 10.1. The number of carbonyl (C=O) groups excluding carboxylic acids is 1. The Balaban J connectivity index is 1.60. The Morgan fingerprint density at radius 2 is 2.00 bits per heavy atom. The molecule has 2 aromatic carbocycles. The zero-order chi connectivity index (χ0) is 25.1. The quantitative estimate of drug-likeness (QED) is 0.360. The van der Waals surface area contributed by atoms with Gasteiger partial charge in [0.1, 0.15) is 23.5 Å². The van der Waals surface area contributed by atoms with Gasteiger partial charge in [0.15, 0.2) is 11.5 Å². The van der Waals surface area contributed by atoms with Crippen molar-refractivity contribution in [2.45, 2.75) is 19.1 Å². The lowest BCUT2D eigenvalue weighted by Gasteiger charge is -2.35. The van der Waals surface area contributed by atoms with E-state index in [1.807, 2.05) is 35.2 Å². The average Bonchev–Trinajstić information content (AvgIpc) is 3.32. The second kappa shape index (κ2) is 10.2. The van der Waals surface area contributed by atoms with Crippen LogP contribution >= 0.6 is 0 Å². The summed E-state index contributed by atoms with van der Waals surface area (Å²) in [4.78, 5) is 23.2. The number of benzene rings is 2. The number of halogens is 2. The predicted octanol–water partition coefficient (Wildman–Crippen LogP) is 3.44. The molecule has 0 radical (unpaired) electrons. The molecule has 186 valence electrons. The normalized spacial score (nSPS) is 15.8. The van der Waals surface area contributed by atoms with Crippen LogP contribution in [0.4, 0.5) is 14.7 Å². The van der Waals surface area contributed by atoms with Gasteiger partial charge in [0.05, 0.1) is 39.0 Å². The fourth-order valence-electron chi connectivity index (χ4n) is 4.03. The number of aromatic nitrogens is 4. The molecule has 1 saturated heterocycles. The molecule has 0 bridgehead atoms. The van der Waals surface area contributed by atoms with Crippen LogP contribution in [0.25, 0.3) is 16.7 Å². The van der Waals surface area contributed by atoms with Gasteiger partial charge in [0.2, 0.25) is 11.8 Å². The second-order valence-electron chi connectivity index (χ2n) is 8.19. The molecule has 0 N–H and O–H groups in total. The predicted molar refractivity (Wildman–Crippen MR) is 126 cm³/mol. The second-order valence-corrected chi connectivity index (χ2v) is 8.19. The van der Waals surface area contributed by atoms with Crippen molar-refractivity contribution in [1.29, 1.82) is 0 Å². The van der Waals surface area contributed by atoms with E-state index in [-0.39, 0.29) is 48.8 Å². The molecule has 0 aliphatic carbocycles. The third kappa shape index (κ3) is 4.82. The molecule has 11 heteroatoms. The molecular formula is C25H23F2N5O4. The Morgan fingerprint density at radius 3 is 2.78 bits per heavy atom. The van der Waals surface area contributed by atoms with Crippen LogP contribution in [-0.2, 0) is 20.9 Å². The maximum Gasteiger partial charge on any atom is 0.307 e. The van der Waals surface area contributed by atoms with Crippen LogP contribution in [0.1, 0.15) is 12.0 Å². The first-order valence-electron chi connectivity index (χ1n) is 11.3. The maximum absolute atomic E-state index is 14.7. The number of ether oxygens (including phenoxy) is 3. The van der Waals surface area contributed by atoms with Crippen molar-refractivity contribution >= 4 is 23.0 Å². The summed E-state index contributed by atoms with van der Waals surface area (Å²) in [7, 11) is 1.32. The first-order chi connectivity index (χ1) is 17.5. The minimum absolute atomic E-state index is 0.0261. The third-order valence-electron chi connectivity index (χ3n) is 5.85. The molecule has 0 amide bonds. The number of hydrogen-bond acceptors (Lipinski definition) is 8.